The third-order valence-corrected chi connectivity index (χ3v) is 6.71. The highest BCUT2D eigenvalue weighted by Gasteiger charge is 2.22. The second kappa shape index (κ2) is 13.8. The van der Waals surface area contributed by atoms with Crippen LogP contribution in [0.4, 0.5) is 15.9 Å². The zero-order valence-corrected chi connectivity index (χ0v) is 23.6. The molecule has 0 atom stereocenters. The van der Waals surface area contributed by atoms with Crippen LogP contribution in [0.3, 0.4) is 0 Å². The van der Waals surface area contributed by atoms with Crippen molar-refractivity contribution < 1.29 is 18.6 Å². The molecule has 1 saturated carbocycles. The van der Waals surface area contributed by atoms with Crippen LogP contribution in [0.1, 0.15) is 31.2 Å². The molecular formula is C28H30Cl3FN4O3. The number of aromatic nitrogens is 2. The number of nitrogens with zero attached hydrogens (tertiary/aromatic N) is 2. The zero-order chi connectivity index (χ0) is 25.8. The van der Waals surface area contributed by atoms with Gasteiger partial charge in [-0.2, -0.15) is 0 Å². The maximum Gasteiger partial charge on any atom is 0.162 e. The van der Waals surface area contributed by atoms with Crippen LogP contribution in [0.2, 0.25) is 5.02 Å². The number of nitrogens with one attached hydrogen (secondary N) is 1. The standard InChI is InChI=1S/C28H28ClFN4O3.2ClH/c1-35-26-14-24-22(13-27(26)37-21-8-5-19(31)6-9-21)28(33-16-32-24)34-20-7-10-25(23(29)12-20)36-15-17-3-2-4-18(30)11-17;;/h2-4,7,10-14,16,19,21H,5-6,8-9,15,31H2,1H3,(H,32,33,34);2*1H/t19-,21-;;. The predicted octanol–water partition coefficient (Wildman–Crippen LogP) is 7.25. The van der Waals surface area contributed by atoms with Gasteiger partial charge >= 0.3 is 0 Å². The monoisotopic (exact) mass is 594 g/mol. The fourth-order valence-corrected chi connectivity index (χ4v) is 4.66. The zero-order valence-electron chi connectivity index (χ0n) is 21.2. The van der Waals surface area contributed by atoms with Gasteiger partial charge in [0.05, 0.1) is 23.8 Å². The number of benzene rings is 3. The first kappa shape index (κ1) is 30.5. The minimum Gasteiger partial charge on any atom is -0.493 e. The molecule has 5 rings (SSSR count). The third kappa shape index (κ3) is 7.54. The number of nitrogens with two attached hydrogens (primary N) is 1. The van der Waals surface area contributed by atoms with E-state index in [0.29, 0.717) is 33.6 Å². The summed E-state index contributed by atoms with van der Waals surface area (Å²) in [5.74, 6) is 2.06. The van der Waals surface area contributed by atoms with E-state index in [1.807, 2.05) is 18.2 Å². The summed E-state index contributed by atoms with van der Waals surface area (Å²) in [5.41, 5.74) is 8.21. The van der Waals surface area contributed by atoms with E-state index >= 15 is 0 Å². The van der Waals surface area contributed by atoms with Gasteiger partial charge in [0.25, 0.3) is 0 Å². The molecule has 0 unspecified atom stereocenters. The van der Waals surface area contributed by atoms with Crippen molar-refractivity contribution in [3.8, 4) is 17.2 Å². The molecule has 1 aliphatic rings. The van der Waals surface area contributed by atoms with E-state index in [1.54, 1.807) is 31.4 Å². The number of fused-ring (bicyclic) bond motifs is 1. The first-order chi connectivity index (χ1) is 18.0. The maximum atomic E-state index is 13.4. The number of ether oxygens (including phenoxy) is 3. The van der Waals surface area contributed by atoms with Gasteiger partial charge in [-0.3, -0.25) is 0 Å². The molecule has 208 valence electrons. The Kier molecular flexibility index (Phi) is 10.8. The lowest BCUT2D eigenvalue weighted by atomic mass is 9.94. The average molecular weight is 596 g/mol. The molecule has 1 heterocycles. The van der Waals surface area contributed by atoms with Gasteiger partial charge in [0, 0.05) is 23.2 Å². The van der Waals surface area contributed by atoms with Crippen molar-refractivity contribution >= 4 is 58.8 Å². The predicted molar refractivity (Wildman–Crippen MR) is 157 cm³/mol. The molecule has 3 aromatic carbocycles. The van der Waals surface area contributed by atoms with Crippen molar-refractivity contribution in [2.45, 2.75) is 44.4 Å². The van der Waals surface area contributed by atoms with Crippen molar-refractivity contribution in [2.75, 3.05) is 12.4 Å². The smallest absolute Gasteiger partial charge is 0.162 e. The second-order valence-electron chi connectivity index (χ2n) is 9.09. The first-order valence-electron chi connectivity index (χ1n) is 12.2. The summed E-state index contributed by atoms with van der Waals surface area (Å²) in [6.45, 7) is 0.207. The van der Waals surface area contributed by atoms with Crippen molar-refractivity contribution in [3.63, 3.8) is 0 Å². The summed E-state index contributed by atoms with van der Waals surface area (Å²) in [6.07, 6.45) is 5.28. The molecule has 0 radical (unpaired) electrons. The highest BCUT2D eigenvalue weighted by atomic mass is 35.5. The Labute approximate surface area is 244 Å². The Hall–Kier alpha value is -3.04. The number of hydrogen-bond donors (Lipinski definition) is 2. The van der Waals surface area contributed by atoms with Crippen LogP contribution in [0.5, 0.6) is 17.2 Å². The molecule has 7 nitrogen and oxygen atoms in total. The number of halogens is 4. The van der Waals surface area contributed by atoms with Crippen molar-refractivity contribution in [2.24, 2.45) is 5.73 Å². The molecule has 0 aliphatic heterocycles. The molecular weight excluding hydrogens is 566 g/mol. The maximum absolute atomic E-state index is 13.4. The SMILES string of the molecule is COc1cc2ncnc(Nc3ccc(OCc4cccc(F)c4)c(Cl)c3)c2cc1O[C@H]1CC[C@H](N)CC1.Cl.Cl. The molecule has 11 heteroatoms. The first-order valence-corrected chi connectivity index (χ1v) is 12.5. The Morgan fingerprint density at radius 2 is 1.77 bits per heavy atom. The lowest BCUT2D eigenvalue weighted by Crippen LogP contribution is -2.31. The third-order valence-electron chi connectivity index (χ3n) is 6.41. The Morgan fingerprint density at radius 3 is 2.49 bits per heavy atom. The van der Waals surface area contributed by atoms with E-state index in [0.717, 1.165) is 42.3 Å². The lowest BCUT2D eigenvalue weighted by molar-refractivity contribution is 0.142. The van der Waals surface area contributed by atoms with Gasteiger partial charge < -0.3 is 25.3 Å². The molecule has 1 aliphatic carbocycles. The summed E-state index contributed by atoms with van der Waals surface area (Å²) in [7, 11) is 1.62. The summed E-state index contributed by atoms with van der Waals surface area (Å²) >= 11 is 6.48. The van der Waals surface area contributed by atoms with Crippen LogP contribution in [0.25, 0.3) is 10.9 Å². The van der Waals surface area contributed by atoms with E-state index in [2.05, 4.69) is 15.3 Å². The van der Waals surface area contributed by atoms with Gasteiger partial charge in [-0.05, 0) is 67.6 Å². The molecule has 1 aromatic heterocycles. The van der Waals surface area contributed by atoms with Gasteiger partial charge in [-0.15, -0.1) is 24.8 Å². The van der Waals surface area contributed by atoms with E-state index < -0.39 is 0 Å². The van der Waals surface area contributed by atoms with Crippen molar-refractivity contribution in [3.05, 3.63) is 77.3 Å². The second-order valence-corrected chi connectivity index (χ2v) is 9.49. The summed E-state index contributed by atoms with van der Waals surface area (Å²) in [5, 5.41) is 4.52. The van der Waals surface area contributed by atoms with Crippen LogP contribution < -0.4 is 25.3 Å². The van der Waals surface area contributed by atoms with E-state index in [4.69, 9.17) is 31.5 Å². The van der Waals surface area contributed by atoms with Gasteiger partial charge in [0.2, 0.25) is 0 Å². The lowest BCUT2D eigenvalue weighted by Gasteiger charge is -2.27. The Bertz CT molecular complexity index is 1400. The van der Waals surface area contributed by atoms with Crippen LogP contribution >= 0.6 is 36.4 Å². The normalized spacial score (nSPS) is 16.5. The molecule has 3 N–H and O–H groups in total. The van der Waals surface area contributed by atoms with Gasteiger partial charge in [0.1, 0.15) is 30.3 Å². The van der Waals surface area contributed by atoms with Crippen LogP contribution in [0.15, 0.2) is 60.9 Å². The highest BCUT2D eigenvalue weighted by molar-refractivity contribution is 6.32. The van der Waals surface area contributed by atoms with E-state index in [1.165, 1.54) is 18.5 Å². The fourth-order valence-electron chi connectivity index (χ4n) is 4.42. The topological polar surface area (TPSA) is 91.5 Å². The summed E-state index contributed by atoms with van der Waals surface area (Å²) < 4.78 is 31.1. The number of rotatable bonds is 8. The highest BCUT2D eigenvalue weighted by Crippen LogP contribution is 2.37. The quantitative estimate of drug-likeness (QED) is 0.222. The van der Waals surface area contributed by atoms with Gasteiger partial charge in [-0.1, -0.05) is 23.7 Å². The van der Waals surface area contributed by atoms with Crippen LogP contribution in [0, 0.1) is 5.82 Å². The van der Waals surface area contributed by atoms with Crippen molar-refractivity contribution in [1.29, 1.82) is 0 Å². The van der Waals surface area contributed by atoms with E-state index in [-0.39, 0.29) is 49.4 Å². The number of anilines is 2. The minimum absolute atomic E-state index is 0. The average Bonchev–Trinajstić information content (AvgIpc) is 2.89. The molecule has 0 bridgehead atoms. The number of methoxy groups -OCH3 is 1. The molecule has 39 heavy (non-hydrogen) atoms. The molecule has 4 aromatic rings. The van der Waals surface area contributed by atoms with Crippen LogP contribution in [-0.2, 0) is 6.61 Å². The van der Waals surface area contributed by atoms with Gasteiger partial charge in [-0.25, -0.2) is 14.4 Å². The molecule has 0 amide bonds. The van der Waals surface area contributed by atoms with Crippen LogP contribution in [-0.4, -0.2) is 29.2 Å². The van der Waals surface area contributed by atoms with Gasteiger partial charge in [0.15, 0.2) is 11.5 Å². The van der Waals surface area contributed by atoms with E-state index in [9.17, 15) is 4.39 Å². The number of hydrogen-bond acceptors (Lipinski definition) is 7. The summed E-state index contributed by atoms with van der Waals surface area (Å²) in [4.78, 5) is 8.85. The minimum atomic E-state index is -0.307. The van der Waals surface area contributed by atoms with Crippen molar-refractivity contribution in [1.82, 2.24) is 9.97 Å². The summed E-state index contributed by atoms with van der Waals surface area (Å²) in [6, 6.07) is 15.6. The Morgan fingerprint density at radius 1 is 0.974 bits per heavy atom. The Balaban J connectivity index is 0.00000210. The fraction of sp³-hybridized carbons (Fsp3) is 0.286. The molecule has 0 spiro atoms. The molecule has 1 fully saturated rings. The largest absolute Gasteiger partial charge is 0.493 e. The molecule has 0 saturated heterocycles.